The lowest BCUT2D eigenvalue weighted by Gasteiger charge is -1.57. The van der Waals surface area contributed by atoms with Crippen molar-refractivity contribution in [3.8, 4) is 0 Å². The van der Waals surface area contributed by atoms with Crippen LogP contribution in [0.2, 0.25) is 0 Å². The van der Waals surface area contributed by atoms with Gasteiger partial charge in [0.05, 0.1) is 5.51 Å². The molecule has 40 valence electrons. The second-order valence-electron chi connectivity index (χ2n) is 1.30. The lowest BCUT2D eigenvalue weighted by Crippen LogP contribution is -1.66. The number of aromatic amines is 1. The molecular weight excluding hydrogens is 124 g/mol. The maximum atomic E-state index is 3.89. The molecule has 1 N–H and O–H groups in total. The molecule has 0 spiro atoms. The first-order chi connectivity index (χ1) is 3.97. The van der Waals surface area contributed by atoms with Crippen LogP contribution in [-0.4, -0.2) is 20.4 Å². The monoisotopic (exact) mass is 126 g/mol. The summed E-state index contributed by atoms with van der Waals surface area (Å²) in [7, 11) is 0. The smallest absolute Gasteiger partial charge is 0.212 e. The average Bonchev–Trinajstić information content (AvgIpc) is 2.15. The second-order valence-corrected chi connectivity index (χ2v) is 2.14. The van der Waals surface area contributed by atoms with Crippen molar-refractivity contribution in [3.05, 3.63) is 5.51 Å². The van der Waals surface area contributed by atoms with Gasteiger partial charge in [-0.05, 0) is 0 Å². The van der Waals surface area contributed by atoms with Gasteiger partial charge in [-0.25, -0.2) is 4.98 Å². The lowest BCUT2D eigenvalue weighted by molar-refractivity contribution is 0.955. The highest BCUT2D eigenvalue weighted by molar-refractivity contribution is 7.16. The van der Waals surface area contributed by atoms with Crippen molar-refractivity contribution in [3.63, 3.8) is 0 Å². The molecule has 0 radical (unpaired) electrons. The number of H-pyrrole nitrogens is 1. The number of rotatable bonds is 0. The van der Waals surface area contributed by atoms with E-state index in [4.69, 9.17) is 0 Å². The Morgan fingerprint density at radius 1 is 1.50 bits per heavy atom. The van der Waals surface area contributed by atoms with Crippen molar-refractivity contribution >= 4 is 21.8 Å². The van der Waals surface area contributed by atoms with Gasteiger partial charge in [0.2, 0.25) is 5.65 Å². The van der Waals surface area contributed by atoms with E-state index in [1.165, 1.54) is 11.3 Å². The predicted molar refractivity (Wildman–Crippen MR) is 29.6 cm³/mol. The largest absolute Gasteiger partial charge is 0.222 e. The Morgan fingerprint density at radius 2 is 2.50 bits per heavy atom. The van der Waals surface area contributed by atoms with E-state index in [1.807, 2.05) is 0 Å². The van der Waals surface area contributed by atoms with Crippen molar-refractivity contribution in [2.24, 2.45) is 0 Å². The molecule has 8 heavy (non-hydrogen) atoms. The van der Waals surface area contributed by atoms with Gasteiger partial charge in [-0.2, -0.15) is 5.21 Å². The molecule has 0 aliphatic heterocycles. The van der Waals surface area contributed by atoms with Crippen molar-refractivity contribution < 1.29 is 0 Å². The Kier molecular flexibility index (Phi) is 0.621. The van der Waals surface area contributed by atoms with Crippen molar-refractivity contribution in [1.82, 2.24) is 20.4 Å². The van der Waals surface area contributed by atoms with E-state index >= 15 is 0 Å². The minimum absolute atomic E-state index is 0.704. The molecule has 0 amide bonds. The molecule has 2 rings (SSSR count). The summed E-state index contributed by atoms with van der Waals surface area (Å²) in [4.78, 5) is 4.76. The maximum absolute atomic E-state index is 3.89. The Bertz CT molecular complexity index is 233. The van der Waals surface area contributed by atoms with Gasteiger partial charge in [0.25, 0.3) is 0 Å². The summed E-state index contributed by atoms with van der Waals surface area (Å²) >= 11 is 1.48. The zero-order valence-electron chi connectivity index (χ0n) is 3.83. The van der Waals surface area contributed by atoms with E-state index in [0.29, 0.717) is 5.65 Å². The van der Waals surface area contributed by atoms with Gasteiger partial charge in [0, 0.05) is 0 Å². The van der Waals surface area contributed by atoms with Gasteiger partial charge < -0.3 is 0 Å². The fourth-order valence-electron chi connectivity index (χ4n) is 0.505. The van der Waals surface area contributed by atoms with Gasteiger partial charge in [0.1, 0.15) is 0 Å². The summed E-state index contributed by atoms with van der Waals surface area (Å²) in [5.41, 5.74) is 2.42. The molecule has 4 nitrogen and oxygen atoms in total. The summed E-state index contributed by atoms with van der Waals surface area (Å²) in [5.74, 6) is 0. The Balaban J connectivity index is 3.06. The number of thiazole rings is 1. The summed E-state index contributed by atoms with van der Waals surface area (Å²) in [6.45, 7) is 0. The summed E-state index contributed by atoms with van der Waals surface area (Å²) in [5, 5.41) is 10.0. The van der Waals surface area contributed by atoms with Crippen molar-refractivity contribution in [2.75, 3.05) is 0 Å². The molecule has 0 saturated carbocycles. The van der Waals surface area contributed by atoms with Gasteiger partial charge >= 0.3 is 0 Å². The molecule has 0 aromatic carbocycles. The fraction of sp³-hybridized carbons (Fsp3) is 0. The Labute approximate surface area is 48.6 Å². The molecule has 0 saturated heterocycles. The number of nitrogens with zero attached hydrogens (tertiary/aromatic N) is 3. The Morgan fingerprint density at radius 3 is 3.38 bits per heavy atom. The minimum Gasteiger partial charge on any atom is -0.222 e. The second kappa shape index (κ2) is 1.25. The molecule has 2 aromatic rings. The molecule has 0 aliphatic rings. The van der Waals surface area contributed by atoms with E-state index in [0.717, 1.165) is 4.83 Å². The number of hydrogen-bond donors (Lipinski definition) is 1. The zero-order valence-corrected chi connectivity index (χ0v) is 4.64. The molecule has 0 unspecified atom stereocenters. The number of aromatic nitrogens is 4. The molecule has 2 aromatic heterocycles. The minimum atomic E-state index is 0.704. The van der Waals surface area contributed by atoms with E-state index in [2.05, 4.69) is 20.4 Å². The first-order valence-corrected chi connectivity index (χ1v) is 2.95. The number of fused-ring (bicyclic) bond motifs is 1. The molecule has 5 heteroatoms. The first kappa shape index (κ1) is 3.96. The SMILES string of the molecule is c1nc2n[nH]nc2s1. The van der Waals surface area contributed by atoms with Crippen LogP contribution in [0.5, 0.6) is 0 Å². The highest BCUT2D eigenvalue weighted by Crippen LogP contribution is 2.08. The van der Waals surface area contributed by atoms with Crippen LogP contribution in [0.15, 0.2) is 5.51 Å². The van der Waals surface area contributed by atoms with Crippen molar-refractivity contribution in [2.45, 2.75) is 0 Å². The standard InChI is InChI=1S/C3H2N4S/c1-4-2-3(8-1)6-7-5-2/h1H,(H,5,6,7). The highest BCUT2D eigenvalue weighted by atomic mass is 32.1. The highest BCUT2D eigenvalue weighted by Gasteiger charge is 1.95. The van der Waals surface area contributed by atoms with Gasteiger partial charge in [-0.15, -0.1) is 10.2 Å². The van der Waals surface area contributed by atoms with Gasteiger partial charge in [0.15, 0.2) is 4.83 Å². The summed E-state index contributed by atoms with van der Waals surface area (Å²) in [6, 6.07) is 0. The predicted octanol–water partition coefficient (Wildman–Crippen LogP) is 0.414. The molecule has 2 heterocycles. The van der Waals surface area contributed by atoms with E-state index in [1.54, 1.807) is 5.51 Å². The van der Waals surface area contributed by atoms with E-state index in [-0.39, 0.29) is 0 Å². The third-order valence-corrected chi connectivity index (χ3v) is 1.55. The molecule has 0 fully saturated rings. The van der Waals surface area contributed by atoms with Crippen LogP contribution >= 0.6 is 11.3 Å². The van der Waals surface area contributed by atoms with Gasteiger partial charge in [-0.1, -0.05) is 11.3 Å². The zero-order chi connectivity index (χ0) is 5.40. The van der Waals surface area contributed by atoms with Crippen LogP contribution in [0.4, 0.5) is 0 Å². The average molecular weight is 126 g/mol. The van der Waals surface area contributed by atoms with Gasteiger partial charge in [-0.3, -0.25) is 0 Å². The van der Waals surface area contributed by atoms with Crippen molar-refractivity contribution in [1.29, 1.82) is 0 Å². The van der Waals surface area contributed by atoms with Crippen LogP contribution in [0.3, 0.4) is 0 Å². The van der Waals surface area contributed by atoms with E-state index in [9.17, 15) is 0 Å². The molecule has 0 bridgehead atoms. The third kappa shape index (κ3) is 0.362. The topological polar surface area (TPSA) is 54.5 Å². The van der Waals surface area contributed by atoms with Crippen LogP contribution in [-0.2, 0) is 0 Å². The molecule has 0 aliphatic carbocycles. The van der Waals surface area contributed by atoms with Crippen LogP contribution in [0, 0.1) is 0 Å². The lowest BCUT2D eigenvalue weighted by atomic mass is 10.8. The summed E-state index contributed by atoms with van der Waals surface area (Å²) in [6.07, 6.45) is 0. The van der Waals surface area contributed by atoms with E-state index < -0.39 is 0 Å². The maximum Gasteiger partial charge on any atom is 0.212 e. The normalized spacial score (nSPS) is 10.5. The fourth-order valence-corrected chi connectivity index (χ4v) is 1.05. The quantitative estimate of drug-likeness (QED) is 0.556. The Hall–Kier alpha value is -0.970. The van der Waals surface area contributed by atoms with Crippen LogP contribution < -0.4 is 0 Å². The van der Waals surface area contributed by atoms with Crippen LogP contribution in [0.1, 0.15) is 0 Å². The summed E-state index contributed by atoms with van der Waals surface area (Å²) < 4.78 is 0. The molecule has 0 atom stereocenters. The number of hydrogen-bond acceptors (Lipinski definition) is 4. The molecular formula is C3H2N4S. The first-order valence-electron chi connectivity index (χ1n) is 2.07. The number of nitrogens with one attached hydrogen (secondary N) is 1. The third-order valence-electron chi connectivity index (χ3n) is 0.838. The van der Waals surface area contributed by atoms with Crippen LogP contribution in [0.25, 0.3) is 10.5 Å².